The van der Waals surface area contributed by atoms with Gasteiger partial charge in [-0.3, -0.25) is 0 Å². The van der Waals surface area contributed by atoms with E-state index >= 15 is 0 Å². The third-order valence-corrected chi connectivity index (χ3v) is 4.22. The second-order valence-corrected chi connectivity index (χ2v) is 5.82. The summed E-state index contributed by atoms with van der Waals surface area (Å²) < 4.78 is 10.5. The maximum atomic E-state index is 11.6. The Kier molecular flexibility index (Phi) is 5.40. The van der Waals surface area contributed by atoms with Crippen LogP contribution in [0.2, 0.25) is 0 Å². The van der Waals surface area contributed by atoms with Crippen LogP contribution < -0.4 is 20.1 Å². The number of nitrogens with one attached hydrogen (secondary N) is 1. The summed E-state index contributed by atoms with van der Waals surface area (Å²) in [5.74, 6) is -0.368. The molecule has 0 radical (unpaired) electrons. The zero-order valence-corrected chi connectivity index (χ0v) is 14.2. The molecule has 1 fully saturated rings. The smallest absolute Gasteiger partial charge is 0.118 e. The van der Waals surface area contributed by atoms with Crippen LogP contribution in [0.1, 0.15) is 15.9 Å². The van der Waals surface area contributed by atoms with E-state index < -0.39 is 5.97 Å². The summed E-state index contributed by atoms with van der Waals surface area (Å²) in [7, 11) is 1.63. The van der Waals surface area contributed by atoms with Crippen molar-refractivity contribution in [3.05, 3.63) is 53.6 Å². The van der Waals surface area contributed by atoms with E-state index in [2.05, 4.69) is 5.32 Å². The molecule has 1 heterocycles. The second-order valence-electron chi connectivity index (χ2n) is 5.82. The molecule has 1 saturated heterocycles. The first kappa shape index (κ1) is 17.1. The number of hydrogen-bond donors (Lipinski definition) is 1. The van der Waals surface area contributed by atoms with Gasteiger partial charge in [-0.2, -0.15) is 0 Å². The zero-order chi connectivity index (χ0) is 17.6. The minimum Gasteiger partial charge on any atom is -0.545 e. The Morgan fingerprint density at radius 1 is 1.20 bits per heavy atom. The predicted octanol–water partition coefficient (Wildman–Crippen LogP) is 1.51. The van der Waals surface area contributed by atoms with Crippen LogP contribution in [0, 0.1) is 0 Å². The number of methoxy groups -OCH3 is 1. The Morgan fingerprint density at radius 3 is 2.56 bits per heavy atom. The Balaban J connectivity index is 1.73. The molecule has 0 aliphatic carbocycles. The van der Waals surface area contributed by atoms with Crippen molar-refractivity contribution in [2.24, 2.45) is 0 Å². The number of anilines is 2. The fraction of sp³-hybridized carbons (Fsp3) is 0.316. The molecule has 2 aromatic rings. The zero-order valence-electron chi connectivity index (χ0n) is 14.2. The number of carboxylic acid groups (broad SMARTS) is 1. The molecular weight excluding hydrogens is 320 g/mol. The van der Waals surface area contributed by atoms with Gasteiger partial charge in [0, 0.05) is 36.6 Å². The van der Waals surface area contributed by atoms with Crippen molar-refractivity contribution in [2.75, 3.05) is 43.6 Å². The number of nitrogens with zero attached hydrogens (tertiary/aromatic N) is 1. The first-order valence-electron chi connectivity index (χ1n) is 8.22. The molecule has 0 atom stereocenters. The number of carbonyl (C=O) groups is 1. The van der Waals surface area contributed by atoms with Crippen molar-refractivity contribution in [1.29, 1.82) is 0 Å². The molecule has 132 valence electrons. The molecule has 0 saturated carbocycles. The summed E-state index contributed by atoms with van der Waals surface area (Å²) in [4.78, 5) is 13.6. The van der Waals surface area contributed by atoms with Crippen LogP contribution in [-0.4, -0.2) is 39.4 Å². The summed E-state index contributed by atoms with van der Waals surface area (Å²) in [6, 6.07) is 13.1. The SMILES string of the molecule is COc1ccc(CNc2ccc(N3CCOCC3)c(C(=O)[O-])c2)cc1. The molecule has 0 unspecified atom stereocenters. The maximum Gasteiger partial charge on any atom is 0.118 e. The van der Waals surface area contributed by atoms with Crippen molar-refractivity contribution < 1.29 is 19.4 Å². The van der Waals surface area contributed by atoms with Crippen LogP contribution >= 0.6 is 0 Å². The van der Waals surface area contributed by atoms with E-state index in [9.17, 15) is 9.90 Å². The topological polar surface area (TPSA) is 73.9 Å². The molecule has 0 bridgehead atoms. The van der Waals surface area contributed by atoms with E-state index in [4.69, 9.17) is 9.47 Å². The Hall–Kier alpha value is -2.73. The molecule has 3 rings (SSSR count). The van der Waals surface area contributed by atoms with E-state index in [1.807, 2.05) is 41.3 Å². The highest BCUT2D eigenvalue weighted by Crippen LogP contribution is 2.25. The second kappa shape index (κ2) is 7.90. The summed E-state index contributed by atoms with van der Waals surface area (Å²) in [6.07, 6.45) is 0. The van der Waals surface area contributed by atoms with Gasteiger partial charge in [0.05, 0.1) is 26.3 Å². The van der Waals surface area contributed by atoms with Crippen LogP contribution in [-0.2, 0) is 11.3 Å². The number of morpholine rings is 1. The van der Waals surface area contributed by atoms with Gasteiger partial charge in [0.15, 0.2) is 0 Å². The number of carbonyl (C=O) groups excluding carboxylic acids is 1. The van der Waals surface area contributed by atoms with Gasteiger partial charge < -0.3 is 29.6 Å². The normalized spacial score (nSPS) is 14.2. The first-order valence-corrected chi connectivity index (χ1v) is 8.22. The van der Waals surface area contributed by atoms with Crippen LogP contribution in [0.4, 0.5) is 11.4 Å². The van der Waals surface area contributed by atoms with Gasteiger partial charge in [-0.25, -0.2) is 0 Å². The van der Waals surface area contributed by atoms with E-state index in [0.29, 0.717) is 38.5 Å². The third kappa shape index (κ3) is 4.22. The molecule has 1 aliphatic rings. The largest absolute Gasteiger partial charge is 0.545 e. The average Bonchev–Trinajstić information content (AvgIpc) is 2.67. The fourth-order valence-corrected chi connectivity index (χ4v) is 2.84. The van der Waals surface area contributed by atoms with Crippen molar-refractivity contribution in [2.45, 2.75) is 6.54 Å². The molecule has 0 spiro atoms. The quantitative estimate of drug-likeness (QED) is 0.858. The maximum absolute atomic E-state index is 11.6. The molecule has 6 nitrogen and oxygen atoms in total. The van der Waals surface area contributed by atoms with Gasteiger partial charge in [0.1, 0.15) is 5.75 Å². The van der Waals surface area contributed by atoms with E-state index in [0.717, 1.165) is 17.0 Å². The molecule has 1 N–H and O–H groups in total. The molecule has 0 amide bonds. The van der Waals surface area contributed by atoms with Crippen LogP contribution in [0.25, 0.3) is 0 Å². The van der Waals surface area contributed by atoms with Crippen molar-refractivity contribution >= 4 is 17.3 Å². The van der Waals surface area contributed by atoms with Gasteiger partial charge in [-0.1, -0.05) is 12.1 Å². The molecule has 1 aliphatic heterocycles. The highest BCUT2D eigenvalue weighted by molar-refractivity contribution is 5.94. The standard InChI is InChI=1S/C19H22N2O4/c1-24-16-5-2-14(3-6-16)13-20-15-4-7-18(17(12-15)19(22)23)21-8-10-25-11-9-21/h2-7,12,20H,8-11,13H2,1H3,(H,22,23)/p-1. The molecule has 2 aromatic carbocycles. The van der Waals surface area contributed by atoms with E-state index in [1.54, 1.807) is 13.2 Å². The molecular formula is C19H21N2O4-. The van der Waals surface area contributed by atoms with Gasteiger partial charge in [0.2, 0.25) is 0 Å². The van der Waals surface area contributed by atoms with Gasteiger partial charge >= 0.3 is 0 Å². The average molecular weight is 341 g/mol. The Labute approximate surface area is 147 Å². The molecule has 6 heteroatoms. The number of aromatic carboxylic acids is 1. The number of ether oxygens (including phenoxy) is 2. The van der Waals surface area contributed by atoms with Crippen LogP contribution in [0.3, 0.4) is 0 Å². The van der Waals surface area contributed by atoms with E-state index in [1.165, 1.54) is 0 Å². The Bertz CT molecular complexity index is 725. The number of hydrogen-bond acceptors (Lipinski definition) is 6. The van der Waals surface area contributed by atoms with Crippen molar-refractivity contribution in [3.63, 3.8) is 0 Å². The summed E-state index contributed by atoms with van der Waals surface area (Å²) in [5, 5.41) is 14.8. The summed E-state index contributed by atoms with van der Waals surface area (Å²) >= 11 is 0. The van der Waals surface area contributed by atoms with Crippen LogP contribution in [0.15, 0.2) is 42.5 Å². The lowest BCUT2D eigenvalue weighted by Gasteiger charge is -2.31. The fourth-order valence-electron chi connectivity index (χ4n) is 2.84. The summed E-state index contributed by atoms with van der Waals surface area (Å²) in [6.45, 7) is 3.15. The van der Waals surface area contributed by atoms with E-state index in [-0.39, 0.29) is 5.56 Å². The minimum atomic E-state index is -1.17. The lowest BCUT2D eigenvalue weighted by molar-refractivity contribution is -0.254. The number of carboxylic acids is 1. The van der Waals surface area contributed by atoms with Crippen molar-refractivity contribution in [3.8, 4) is 5.75 Å². The first-order chi connectivity index (χ1) is 12.2. The Morgan fingerprint density at radius 2 is 1.92 bits per heavy atom. The van der Waals surface area contributed by atoms with Crippen LogP contribution in [0.5, 0.6) is 5.75 Å². The lowest BCUT2D eigenvalue weighted by Crippen LogP contribution is -2.38. The van der Waals surface area contributed by atoms with Gasteiger partial charge in [0.25, 0.3) is 0 Å². The summed E-state index contributed by atoms with van der Waals surface area (Å²) in [5.41, 5.74) is 2.69. The number of rotatable bonds is 6. The van der Waals surface area contributed by atoms with Gasteiger partial charge in [-0.15, -0.1) is 0 Å². The monoisotopic (exact) mass is 341 g/mol. The lowest BCUT2D eigenvalue weighted by atomic mass is 10.1. The highest BCUT2D eigenvalue weighted by Gasteiger charge is 2.15. The highest BCUT2D eigenvalue weighted by atomic mass is 16.5. The number of benzene rings is 2. The minimum absolute atomic E-state index is 0.196. The molecule has 0 aromatic heterocycles. The molecule has 25 heavy (non-hydrogen) atoms. The third-order valence-electron chi connectivity index (χ3n) is 4.22. The van der Waals surface area contributed by atoms with Crippen molar-refractivity contribution in [1.82, 2.24) is 0 Å². The predicted molar refractivity (Wildman–Crippen MR) is 94.1 cm³/mol. The van der Waals surface area contributed by atoms with Gasteiger partial charge in [-0.05, 0) is 35.9 Å².